The molecule has 0 fully saturated rings. The maximum Gasteiger partial charge on any atom is 0.268 e. The van der Waals surface area contributed by atoms with E-state index in [1.54, 1.807) is 29.1 Å². The number of anilines is 1. The molecular formula is C27H23Cl2N5O2S. The Kier molecular flexibility index (Phi) is 6.66. The van der Waals surface area contributed by atoms with Gasteiger partial charge in [0, 0.05) is 22.5 Å². The third-order valence-corrected chi connectivity index (χ3v) is 7.86. The van der Waals surface area contributed by atoms with Gasteiger partial charge in [0.1, 0.15) is 5.69 Å². The second-order valence-electron chi connectivity index (χ2n) is 8.93. The molecule has 1 N–H and O–H groups in total. The number of nitrogens with zero attached hydrogens (tertiary/aromatic N) is 4. The predicted molar refractivity (Wildman–Crippen MR) is 150 cm³/mol. The molecule has 0 aliphatic heterocycles. The lowest BCUT2D eigenvalue weighted by atomic mass is 10.1. The summed E-state index contributed by atoms with van der Waals surface area (Å²) in [4.78, 5) is 31.7. The standard InChI is InChI=1S/C27H23Cl2N5O2S/c1-14-5-6-18(9-15(14)2)31-24(35)12-20-13-37-27-30-17(4)25(26(36)33(20)27)23-10-16(3)34(32-23)19-7-8-21(28)22(29)11-19/h5-11,13H,12H2,1-4H3,(H,31,35). The van der Waals surface area contributed by atoms with Gasteiger partial charge in [0.05, 0.1) is 33.4 Å². The summed E-state index contributed by atoms with van der Waals surface area (Å²) in [5.74, 6) is -0.211. The first-order chi connectivity index (χ1) is 17.6. The number of halogens is 2. The number of thiazole rings is 1. The zero-order valence-corrected chi connectivity index (χ0v) is 22.9. The molecule has 0 spiro atoms. The smallest absolute Gasteiger partial charge is 0.268 e. The molecule has 10 heteroatoms. The first-order valence-corrected chi connectivity index (χ1v) is 13.1. The van der Waals surface area contributed by atoms with E-state index in [2.05, 4.69) is 15.4 Å². The van der Waals surface area contributed by atoms with Crippen LogP contribution in [-0.2, 0) is 11.2 Å². The number of benzene rings is 2. The predicted octanol–water partition coefficient (Wildman–Crippen LogP) is 6.33. The third-order valence-electron chi connectivity index (χ3n) is 6.24. The zero-order valence-electron chi connectivity index (χ0n) is 20.6. The van der Waals surface area contributed by atoms with Crippen molar-refractivity contribution in [3.05, 3.63) is 96.5 Å². The maximum absolute atomic E-state index is 13.7. The lowest BCUT2D eigenvalue weighted by molar-refractivity contribution is -0.115. The van der Waals surface area contributed by atoms with Crippen LogP contribution in [0.15, 0.2) is 52.6 Å². The molecule has 37 heavy (non-hydrogen) atoms. The summed E-state index contributed by atoms with van der Waals surface area (Å²) in [5.41, 5.74) is 6.25. The molecule has 0 aliphatic rings. The van der Waals surface area contributed by atoms with Crippen molar-refractivity contribution >= 4 is 51.1 Å². The number of fused-ring (bicyclic) bond motifs is 1. The van der Waals surface area contributed by atoms with Crippen molar-refractivity contribution in [1.82, 2.24) is 19.2 Å². The van der Waals surface area contributed by atoms with E-state index < -0.39 is 0 Å². The van der Waals surface area contributed by atoms with Crippen LogP contribution in [0.25, 0.3) is 21.9 Å². The van der Waals surface area contributed by atoms with Crippen LogP contribution >= 0.6 is 34.5 Å². The Morgan fingerprint density at radius 2 is 1.78 bits per heavy atom. The Balaban J connectivity index is 1.51. The highest BCUT2D eigenvalue weighted by molar-refractivity contribution is 7.15. The van der Waals surface area contributed by atoms with Crippen LogP contribution in [0.2, 0.25) is 10.0 Å². The highest BCUT2D eigenvalue weighted by Crippen LogP contribution is 2.27. The van der Waals surface area contributed by atoms with Gasteiger partial charge in [-0.15, -0.1) is 11.3 Å². The number of rotatable bonds is 5. The van der Waals surface area contributed by atoms with Gasteiger partial charge in [-0.1, -0.05) is 29.3 Å². The van der Waals surface area contributed by atoms with Gasteiger partial charge in [-0.05, 0) is 75.2 Å². The van der Waals surface area contributed by atoms with Crippen LogP contribution in [0.4, 0.5) is 5.69 Å². The third kappa shape index (κ3) is 4.80. The van der Waals surface area contributed by atoms with E-state index >= 15 is 0 Å². The van der Waals surface area contributed by atoms with E-state index in [-0.39, 0.29) is 17.9 Å². The van der Waals surface area contributed by atoms with E-state index in [1.807, 2.05) is 51.1 Å². The second-order valence-corrected chi connectivity index (χ2v) is 10.6. The summed E-state index contributed by atoms with van der Waals surface area (Å²) in [7, 11) is 0. The van der Waals surface area contributed by atoms with Crippen LogP contribution in [0.5, 0.6) is 0 Å². The first kappa shape index (κ1) is 25.2. The summed E-state index contributed by atoms with van der Waals surface area (Å²) in [6.07, 6.45) is 0.0355. The van der Waals surface area contributed by atoms with Crippen molar-refractivity contribution in [2.45, 2.75) is 34.1 Å². The molecule has 0 atom stereocenters. The van der Waals surface area contributed by atoms with Crippen LogP contribution in [0.3, 0.4) is 0 Å². The van der Waals surface area contributed by atoms with Gasteiger partial charge in [-0.25, -0.2) is 9.67 Å². The molecule has 1 amide bonds. The van der Waals surface area contributed by atoms with E-state index in [9.17, 15) is 9.59 Å². The summed E-state index contributed by atoms with van der Waals surface area (Å²) in [6, 6.07) is 12.8. The van der Waals surface area contributed by atoms with Gasteiger partial charge in [-0.3, -0.25) is 14.0 Å². The Morgan fingerprint density at radius 1 is 1.00 bits per heavy atom. The number of amides is 1. The van der Waals surface area contributed by atoms with Crippen molar-refractivity contribution in [3.63, 3.8) is 0 Å². The molecule has 5 rings (SSSR count). The van der Waals surface area contributed by atoms with Gasteiger partial charge < -0.3 is 5.32 Å². The molecule has 2 aromatic carbocycles. The van der Waals surface area contributed by atoms with Gasteiger partial charge in [0.25, 0.3) is 5.56 Å². The second kappa shape index (κ2) is 9.78. The number of hydrogen-bond acceptors (Lipinski definition) is 5. The van der Waals surface area contributed by atoms with Crippen LogP contribution < -0.4 is 10.9 Å². The average Bonchev–Trinajstić information content (AvgIpc) is 3.41. The Bertz CT molecular complexity index is 1750. The van der Waals surface area contributed by atoms with E-state index in [1.165, 1.54) is 15.7 Å². The van der Waals surface area contributed by atoms with Crippen LogP contribution in [0.1, 0.15) is 28.2 Å². The highest BCUT2D eigenvalue weighted by Gasteiger charge is 2.20. The minimum Gasteiger partial charge on any atom is -0.326 e. The summed E-state index contributed by atoms with van der Waals surface area (Å²) in [5, 5.41) is 10.3. The van der Waals surface area contributed by atoms with Crippen molar-refractivity contribution < 1.29 is 4.79 Å². The zero-order chi connectivity index (χ0) is 26.4. The minimum atomic E-state index is -0.267. The number of carbonyl (C=O) groups is 1. The summed E-state index contributed by atoms with van der Waals surface area (Å²) < 4.78 is 3.21. The molecule has 188 valence electrons. The van der Waals surface area contributed by atoms with Crippen molar-refractivity contribution in [3.8, 4) is 16.9 Å². The Labute approximate surface area is 227 Å². The molecule has 7 nitrogen and oxygen atoms in total. The SMILES string of the molecule is Cc1ccc(NC(=O)Cc2csc3nc(C)c(-c4cc(C)n(-c5ccc(Cl)c(Cl)c5)n4)c(=O)n23)cc1C. The van der Waals surface area contributed by atoms with Gasteiger partial charge in [0.2, 0.25) is 5.91 Å². The number of aromatic nitrogens is 4. The quantitative estimate of drug-likeness (QED) is 0.276. The number of aryl methyl sites for hydroxylation is 4. The lowest BCUT2D eigenvalue weighted by Crippen LogP contribution is -2.23. The first-order valence-electron chi connectivity index (χ1n) is 11.5. The van der Waals surface area contributed by atoms with Crippen LogP contribution in [0, 0.1) is 27.7 Å². The number of hydrogen-bond donors (Lipinski definition) is 1. The monoisotopic (exact) mass is 551 g/mol. The molecule has 0 saturated carbocycles. The normalized spacial score (nSPS) is 11.3. The largest absolute Gasteiger partial charge is 0.326 e. The molecule has 0 radical (unpaired) electrons. The molecule has 0 saturated heterocycles. The van der Waals surface area contributed by atoms with E-state index in [0.717, 1.165) is 28.2 Å². The molecule has 0 aliphatic carbocycles. The summed E-state index contributed by atoms with van der Waals surface area (Å²) >= 11 is 13.6. The molecule has 3 heterocycles. The molecular weight excluding hydrogens is 529 g/mol. The van der Waals surface area contributed by atoms with E-state index in [0.29, 0.717) is 37.7 Å². The lowest BCUT2D eigenvalue weighted by Gasteiger charge is -2.09. The average molecular weight is 552 g/mol. The summed E-state index contributed by atoms with van der Waals surface area (Å²) in [6.45, 7) is 7.70. The highest BCUT2D eigenvalue weighted by atomic mass is 35.5. The van der Waals surface area contributed by atoms with Gasteiger partial charge in [0.15, 0.2) is 4.96 Å². The van der Waals surface area contributed by atoms with Crippen molar-refractivity contribution in [2.24, 2.45) is 0 Å². The number of nitrogens with one attached hydrogen (secondary N) is 1. The molecule has 5 aromatic rings. The van der Waals surface area contributed by atoms with Crippen molar-refractivity contribution in [1.29, 1.82) is 0 Å². The fraction of sp³-hybridized carbons (Fsp3) is 0.185. The van der Waals surface area contributed by atoms with E-state index in [4.69, 9.17) is 23.2 Å². The number of carbonyl (C=O) groups excluding carboxylic acids is 1. The Hall–Kier alpha value is -3.46. The topological polar surface area (TPSA) is 81.3 Å². The minimum absolute atomic E-state index is 0.0355. The molecule has 0 bridgehead atoms. The fourth-order valence-corrected chi connectivity index (χ4v) is 5.41. The maximum atomic E-state index is 13.7. The van der Waals surface area contributed by atoms with Gasteiger partial charge >= 0.3 is 0 Å². The molecule has 3 aromatic heterocycles. The van der Waals surface area contributed by atoms with Gasteiger partial charge in [-0.2, -0.15) is 5.10 Å². The molecule has 0 unspecified atom stereocenters. The fourth-order valence-electron chi connectivity index (χ4n) is 4.19. The van der Waals surface area contributed by atoms with Crippen molar-refractivity contribution in [2.75, 3.05) is 5.32 Å². The van der Waals surface area contributed by atoms with Crippen LogP contribution in [-0.4, -0.2) is 25.1 Å². The Morgan fingerprint density at radius 3 is 2.51 bits per heavy atom.